The number of hydrogen-bond acceptors (Lipinski definition) is 7. The van der Waals surface area contributed by atoms with Crippen LogP contribution >= 0.6 is 22.9 Å². The maximum atomic E-state index is 12.7. The molecule has 0 radical (unpaired) electrons. The minimum Gasteiger partial charge on any atom is -0.386 e. The second-order valence-electron chi connectivity index (χ2n) is 5.40. The minimum atomic E-state index is -4.70. The Labute approximate surface area is 166 Å². The molecule has 1 aromatic heterocycles. The van der Waals surface area contributed by atoms with Gasteiger partial charge < -0.3 is 10.0 Å². The number of nitriles is 1. The number of hydrazone groups is 1. The van der Waals surface area contributed by atoms with Gasteiger partial charge in [-0.3, -0.25) is 9.59 Å². The van der Waals surface area contributed by atoms with Crippen molar-refractivity contribution in [2.45, 2.75) is 19.5 Å². The summed E-state index contributed by atoms with van der Waals surface area (Å²) < 4.78 is 38.2. The number of anilines is 1. The molecule has 1 atom stereocenters. The molecule has 2 amide bonds. The highest BCUT2D eigenvalue weighted by atomic mass is 35.5. The SMILES string of the molecule is CCN1C(=O)CC(C=NN(C(=O)CO)c2csc(C(F)(F)F)n2)C(C#N)=C1Cl. The lowest BCUT2D eigenvalue weighted by Gasteiger charge is -2.28. The second-order valence-corrected chi connectivity index (χ2v) is 6.62. The summed E-state index contributed by atoms with van der Waals surface area (Å²) in [5.74, 6) is -2.75. The van der Waals surface area contributed by atoms with Gasteiger partial charge in [0.05, 0.1) is 11.6 Å². The van der Waals surface area contributed by atoms with Crippen LogP contribution in [0.5, 0.6) is 0 Å². The van der Waals surface area contributed by atoms with Crippen LogP contribution in [-0.2, 0) is 15.8 Å². The van der Waals surface area contributed by atoms with Crippen molar-refractivity contribution in [1.82, 2.24) is 9.88 Å². The number of hydrogen-bond donors (Lipinski definition) is 1. The number of alkyl halides is 3. The summed E-state index contributed by atoms with van der Waals surface area (Å²) in [6.45, 7) is 0.887. The van der Waals surface area contributed by atoms with Gasteiger partial charge >= 0.3 is 6.18 Å². The molecule has 0 saturated carbocycles. The quantitative estimate of drug-likeness (QED) is 0.433. The van der Waals surface area contributed by atoms with Gasteiger partial charge in [0.1, 0.15) is 11.8 Å². The number of aliphatic hydroxyl groups is 1. The van der Waals surface area contributed by atoms with Gasteiger partial charge in [-0.2, -0.15) is 28.5 Å². The van der Waals surface area contributed by atoms with Crippen LogP contribution in [0, 0.1) is 17.2 Å². The monoisotopic (exact) mass is 435 g/mol. The summed E-state index contributed by atoms with van der Waals surface area (Å²) in [6.07, 6.45) is -3.82. The van der Waals surface area contributed by atoms with Crippen molar-refractivity contribution in [2.24, 2.45) is 11.0 Å². The van der Waals surface area contributed by atoms with Gasteiger partial charge in [0.2, 0.25) is 5.91 Å². The van der Waals surface area contributed by atoms with Gasteiger partial charge in [0, 0.05) is 30.5 Å². The number of carbonyl (C=O) groups excluding carboxylic acids is 2. The van der Waals surface area contributed by atoms with Crippen LogP contribution in [0.1, 0.15) is 18.4 Å². The van der Waals surface area contributed by atoms with Gasteiger partial charge in [-0.15, -0.1) is 11.3 Å². The van der Waals surface area contributed by atoms with E-state index in [2.05, 4.69) is 10.1 Å². The molecule has 0 fully saturated rings. The van der Waals surface area contributed by atoms with E-state index >= 15 is 0 Å². The number of amides is 2. The standard InChI is InChI=1S/C15H13ClF3N5O3S/c1-2-23-11(26)3-8(9(4-20)13(23)16)5-21-24(12(27)6-25)10-7-28-14(22-10)15(17,18)19/h5,7-8,25H,2-3,6H2,1H3. The van der Waals surface area contributed by atoms with Crippen molar-refractivity contribution in [3.05, 3.63) is 21.1 Å². The molecule has 2 rings (SSSR count). The Morgan fingerprint density at radius 3 is 2.82 bits per heavy atom. The predicted octanol–water partition coefficient (Wildman–Crippen LogP) is 2.32. The fourth-order valence-electron chi connectivity index (χ4n) is 2.34. The van der Waals surface area contributed by atoms with E-state index in [1.807, 2.05) is 6.07 Å². The average Bonchev–Trinajstić information content (AvgIpc) is 3.12. The smallest absolute Gasteiger partial charge is 0.386 e. The molecule has 1 aromatic rings. The van der Waals surface area contributed by atoms with E-state index in [9.17, 15) is 28.0 Å². The average molecular weight is 436 g/mol. The van der Waals surface area contributed by atoms with Gasteiger partial charge in [0.25, 0.3) is 5.91 Å². The van der Waals surface area contributed by atoms with Crippen LogP contribution in [0.3, 0.4) is 0 Å². The number of halogens is 4. The molecule has 8 nitrogen and oxygen atoms in total. The third-order valence-electron chi connectivity index (χ3n) is 3.65. The van der Waals surface area contributed by atoms with E-state index < -0.39 is 35.4 Å². The summed E-state index contributed by atoms with van der Waals surface area (Å²) in [5, 5.41) is 22.3. The summed E-state index contributed by atoms with van der Waals surface area (Å²) >= 11 is 6.31. The summed E-state index contributed by atoms with van der Waals surface area (Å²) in [4.78, 5) is 28.5. The van der Waals surface area contributed by atoms with Crippen molar-refractivity contribution < 1.29 is 27.9 Å². The molecule has 2 heterocycles. The Morgan fingerprint density at radius 2 is 2.32 bits per heavy atom. The van der Waals surface area contributed by atoms with E-state index in [1.165, 1.54) is 4.90 Å². The molecule has 0 bridgehead atoms. The molecule has 0 aromatic carbocycles. The number of carbonyl (C=O) groups is 2. The third-order valence-corrected chi connectivity index (χ3v) is 4.93. The van der Waals surface area contributed by atoms with Gasteiger partial charge in [-0.1, -0.05) is 11.6 Å². The Kier molecular flexibility index (Phi) is 6.76. The largest absolute Gasteiger partial charge is 0.443 e. The fourth-order valence-corrected chi connectivity index (χ4v) is 3.38. The highest BCUT2D eigenvalue weighted by Crippen LogP contribution is 2.34. The number of thiazole rings is 1. The third kappa shape index (κ3) is 4.49. The highest BCUT2D eigenvalue weighted by molar-refractivity contribution is 7.10. The zero-order chi connectivity index (χ0) is 21.1. The number of aliphatic hydroxyl groups excluding tert-OH is 1. The number of rotatable bonds is 5. The van der Waals surface area contributed by atoms with E-state index in [-0.39, 0.29) is 40.9 Å². The topological polar surface area (TPSA) is 110 Å². The number of aromatic nitrogens is 1. The van der Waals surface area contributed by atoms with Crippen LogP contribution in [-0.4, -0.2) is 46.2 Å². The van der Waals surface area contributed by atoms with Crippen LogP contribution in [0.15, 0.2) is 21.2 Å². The number of allylic oxidation sites excluding steroid dienone is 1. The highest BCUT2D eigenvalue weighted by Gasteiger charge is 2.36. The summed E-state index contributed by atoms with van der Waals surface area (Å²) in [5.41, 5.74) is 0.0255. The van der Waals surface area contributed by atoms with Crippen LogP contribution in [0.4, 0.5) is 19.0 Å². The lowest BCUT2D eigenvalue weighted by Crippen LogP contribution is -2.37. The Bertz CT molecular complexity index is 877. The maximum Gasteiger partial charge on any atom is 0.443 e. The van der Waals surface area contributed by atoms with Crippen molar-refractivity contribution in [1.29, 1.82) is 5.26 Å². The van der Waals surface area contributed by atoms with Gasteiger partial charge in [0.15, 0.2) is 10.8 Å². The molecule has 0 aliphatic carbocycles. The van der Waals surface area contributed by atoms with Gasteiger partial charge in [-0.05, 0) is 6.92 Å². The van der Waals surface area contributed by atoms with Crippen LogP contribution in [0.25, 0.3) is 0 Å². The predicted molar refractivity (Wildman–Crippen MR) is 94.2 cm³/mol. The molecule has 0 spiro atoms. The Morgan fingerprint density at radius 1 is 1.64 bits per heavy atom. The normalized spacial score (nSPS) is 18.0. The lowest BCUT2D eigenvalue weighted by atomic mass is 9.94. The van der Waals surface area contributed by atoms with E-state index in [4.69, 9.17) is 16.7 Å². The first-order chi connectivity index (χ1) is 13.1. The maximum absolute atomic E-state index is 12.7. The molecular formula is C15H13ClF3N5O3S. The van der Waals surface area contributed by atoms with E-state index in [0.29, 0.717) is 5.01 Å². The molecule has 28 heavy (non-hydrogen) atoms. The Balaban J connectivity index is 2.37. The summed E-state index contributed by atoms with van der Waals surface area (Å²) in [6, 6.07) is 1.87. The molecule has 150 valence electrons. The lowest BCUT2D eigenvalue weighted by molar-refractivity contribution is -0.137. The van der Waals surface area contributed by atoms with E-state index in [0.717, 1.165) is 11.6 Å². The van der Waals surface area contributed by atoms with Crippen molar-refractivity contribution >= 4 is 46.8 Å². The molecule has 1 aliphatic heterocycles. The van der Waals surface area contributed by atoms with Crippen molar-refractivity contribution in [2.75, 3.05) is 18.2 Å². The summed E-state index contributed by atoms with van der Waals surface area (Å²) in [7, 11) is 0. The molecule has 0 saturated heterocycles. The molecule has 1 unspecified atom stereocenters. The Hall–Kier alpha value is -2.49. The zero-order valence-electron chi connectivity index (χ0n) is 14.3. The zero-order valence-corrected chi connectivity index (χ0v) is 15.8. The second kappa shape index (κ2) is 8.68. The fraction of sp³-hybridized carbons (Fsp3) is 0.400. The van der Waals surface area contributed by atoms with Crippen LogP contribution in [0.2, 0.25) is 0 Å². The molecule has 1 N–H and O–H groups in total. The first kappa shape index (κ1) is 21.8. The molecule has 13 heteroatoms. The first-order valence-electron chi connectivity index (χ1n) is 7.74. The first-order valence-corrected chi connectivity index (χ1v) is 9.00. The number of nitrogens with zero attached hydrogens (tertiary/aromatic N) is 5. The van der Waals surface area contributed by atoms with Crippen LogP contribution < -0.4 is 5.01 Å². The van der Waals surface area contributed by atoms with Crippen molar-refractivity contribution in [3.63, 3.8) is 0 Å². The molecular weight excluding hydrogens is 423 g/mol. The minimum absolute atomic E-state index is 0.0255. The molecule has 1 aliphatic rings. The van der Waals surface area contributed by atoms with Crippen molar-refractivity contribution in [3.8, 4) is 6.07 Å². The van der Waals surface area contributed by atoms with Gasteiger partial charge in [-0.25, -0.2) is 4.98 Å². The van der Waals surface area contributed by atoms with E-state index in [1.54, 1.807) is 6.92 Å².